The average Bonchev–Trinajstić information content (AvgIpc) is 2.92. The Morgan fingerprint density at radius 1 is 0.857 bits per heavy atom. The third kappa shape index (κ3) is 2.30. The fourth-order valence-electron chi connectivity index (χ4n) is 2.02. The van der Waals surface area contributed by atoms with Crippen LogP contribution in [0.1, 0.15) is 5.56 Å². The predicted octanol–water partition coefficient (Wildman–Crippen LogP) is 3.29. The molecule has 2 aromatic carbocycles. The summed E-state index contributed by atoms with van der Waals surface area (Å²) in [5.74, 6) is 0.621. The molecule has 1 aromatic heterocycles. The van der Waals surface area contributed by atoms with Gasteiger partial charge in [0, 0.05) is 11.1 Å². The molecule has 0 aliphatic heterocycles. The molecule has 1 heterocycles. The summed E-state index contributed by atoms with van der Waals surface area (Å²) in [6.45, 7) is 0. The highest BCUT2D eigenvalue weighted by atomic mass is 16.5. The molecule has 0 radical (unpaired) electrons. The number of nitriles is 1. The van der Waals surface area contributed by atoms with Crippen molar-refractivity contribution in [3.63, 3.8) is 0 Å². The number of nitrogens with zero attached hydrogens (tertiary/aromatic N) is 2. The van der Waals surface area contributed by atoms with Crippen LogP contribution in [-0.4, -0.2) is 15.4 Å². The summed E-state index contributed by atoms with van der Waals surface area (Å²) >= 11 is 0. The summed E-state index contributed by atoms with van der Waals surface area (Å²) < 4.78 is 5.28. The zero-order valence-electron chi connectivity index (χ0n) is 10.8. The number of rotatable bonds is 2. The molecule has 0 aliphatic rings. The van der Waals surface area contributed by atoms with Crippen molar-refractivity contribution in [1.29, 1.82) is 5.26 Å². The van der Waals surface area contributed by atoms with E-state index in [0.717, 1.165) is 0 Å². The molecule has 0 fully saturated rings. The smallest absolute Gasteiger partial charge is 0.185 e. The lowest BCUT2D eigenvalue weighted by atomic mass is 10.0. The SMILES string of the molecule is N#Cc1c(-c2ccc(O)cc2)noc1-c1ccc(O)cc1. The highest BCUT2D eigenvalue weighted by Crippen LogP contribution is 2.32. The Bertz CT molecular complexity index is 749. The highest BCUT2D eigenvalue weighted by molar-refractivity contribution is 5.76. The van der Waals surface area contributed by atoms with Gasteiger partial charge in [0.05, 0.1) is 0 Å². The lowest BCUT2D eigenvalue weighted by Gasteiger charge is -1.98. The molecular formula is C16H10N2O3. The van der Waals surface area contributed by atoms with E-state index in [1.165, 1.54) is 24.3 Å². The number of hydrogen-bond donors (Lipinski definition) is 2. The van der Waals surface area contributed by atoms with E-state index in [9.17, 15) is 15.5 Å². The maximum Gasteiger partial charge on any atom is 0.185 e. The summed E-state index contributed by atoms with van der Waals surface area (Å²) in [6.07, 6.45) is 0. The zero-order chi connectivity index (χ0) is 14.8. The monoisotopic (exact) mass is 278 g/mol. The van der Waals surface area contributed by atoms with Crippen LogP contribution >= 0.6 is 0 Å². The van der Waals surface area contributed by atoms with Gasteiger partial charge in [0.2, 0.25) is 0 Å². The molecule has 0 saturated carbocycles. The van der Waals surface area contributed by atoms with E-state index in [-0.39, 0.29) is 11.5 Å². The van der Waals surface area contributed by atoms with Crippen LogP contribution in [0.25, 0.3) is 22.6 Å². The molecule has 5 heteroatoms. The Labute approximate surface area is 120 Å². The minimum atomic E-state index is 0.135. The summed E-state index contributed by atoms with van der Waals surface area (Å²) in [5.41, 5.74) is 2.06. The first-order valence-corrected chi connectivity index (χ1v) is 6.17. The van der Waals surface area contributed by atoms with Crippen LogP contribution in [0.5, 0.6) is 11.5 Å². The number of phenolic OH excluding ortho intramolecular Hbond substituents is 2. The normalized spacial score (nSPS) is 10.2. The number of benzene rings is 2. The molecule has 0 saturated heterocycles. The van der Waals surface area contributed by atoms with Crippen LogP contribution in [0.4, 0.5) is 0 Å². The number of aromatic hydroxyl groups is 2. The summed E-state index contributed by atoms with van der Waals surface area (Å²) in [4.78, 5) is 0. The van der Waals surface area contributed by atoms with E-state index in [1.807, 2.05) is 0 Å². The second-order valence-electron chi connectivity index (χ2n) is 4.44. The fraction of sp³-hybridized carbons (Fsp3) is 0. The second kappa shape index (κ2) is 5.02. The predicted molar refractivity (Wildman–Crippen MR) is 75.4 cm³/mol. The molecule has 0 aliphatic carbocycles. The maximum atomic E-state index is 9.37. The molecule has 0 bridgehead atoms. The summed E-state index contributed by atoms with van der Waals surface area (Å²) in [5, 5.41) is 31.9. The Kier molecular flexibility index (Phi) is 3.05. The van der Waals surface area contributed by atoms with Crippen molar-refractivity contribution in [3.8, 4) is 40.1 Å². The average molecular weight is 278 g/mol. The quantitative estimate of drug-likeness (QED) is 0.750. The Hall–Kier alpha value is -3.26. The van der Waals surface area contributed by atoms with Crippen molar-refractivity contribution >= 4 is 0 Å². The lowest BCUT2D eigenvalue weighted by Crippen LogP contribution is -1.83. The van der Waals surface area contributed by atoms with Crippen LogP contribution in [-0.2, 0) is 0 Å². The van der Waals surface area contributed by atoms with Gasteiger partial charge in [-0.1, -0.05) is 5.16 Å². The molecule has 3 rings (SSSR count). The van der Waals surface area contributed by atoms with E-state index < -0.39 is 0 Å². The van der Waals surface area contributed by atoms with Crippen molar-refractivity contribution in [2.24, 2.45) is 0 Å². The number of phenols is 2. The van der Waals surface area contributed by atoms with Crippen LogP contribution in [0.3, 0.4) is 0 Å². The first kappa shape index (κ1) is 12.8. The summed E-state index contributed by atoms with van der Waals surface area (Å²) in [6, 6.07) is 14.8. The minimum Gasteiger partial charge on any atom is -0.508 e. The van der Waals surface area contributed by atoms with E-state index in [4.69, 9.17) is 4.52 Å². The van der Waals surface area contributed by atoms with Gasteiger partial charge in [0.1, 0.15) is 28.8 Å². The fourth-order valence-corrected chi connectivity index (χ4v) is 2.02. The number of hydrogen-bond acceptors (Lipinski definition) is 5. The third-order valence-corrected chi connectivity index (χ3v) is 3.07. The van der Waals surface area contributed by atoms with E-state index in [2.05, 4.69) is 11.2 Å². The van der Waals surface area contributed by atoms with Gasteiger partial charge in [-0.05, 0) is 48.5 Å². The van der Waals surface area contributed by atoms with Crippen LogP contribution in [0.2, 0.25) is 0 Å². The van der Waals surface area contributed by atoms with Crippen molar-refractivity contribution in [2.45, 2.75) is 0 Å². The topological polar surface area (TPSA) is 90.3 Å². The molecule has 3 aromatic rings. The molecule has 0 spiro atoms. The zero-order valence-corrected chi connectivity index (χ0v) is 10.8. The molecule has 2 N–H and O–H groups in total. The largest absolute Gasteiger partial charge is 0.508 e. The standard InChI is InChI=1S/C16H10N2O3/c17-9-14-15(10-1-5-12(19)6-2-10)18-21-16(14)11-3-7-13(20)8-4-11/h1-8,19-20H. The third-order valence-electron chi connectivity index (χ3n) is 3.07. The van der Waals surface area contributed by atoms with Gasteiger partial charge in [-0.25, -0.2) is 0 Å². The van der Waals surface area contributed by atoms with Gasteiger partial charge in [-0.3, -0.25) is 0 Å². The minimum absolute atomic E-state index is 0.135. The first-order valence-electron chi connectivity index (χ1n) is 6.17. The van der Waals surface area contributed by atoms with Gasteiger partial charge in [0.15, 0.2) is 5.76 Å². The molecule has 5 nitrogen and oxygen atoms in total. The Morgan fingerprint density at radius 3 is 1.90 bits per heavy atom. The Morgan fingerprint density at radius 2 is 1.38 bits per heavy atom. The van der Waals surface area contributed by atoms with Gasteiger partial charge in [-0.2, -0.15) is 5.26 Å². The second-order valence-corrected chi connectivity index (χ2v) is 4.44. The van der Waals surface area contributed by atoms with Crippen molar-refractivity contribution in [3.05, 3.63) is 54.1 Å². The summed E-state index contributed by atoms with van der Waals surface area (Å²) in [7, 11) is 0. The molecule has 0 atom stereocenters. The van der Waals surface area contributed by atoms with Gasteiger partial charge < -0.3 is 14.7 Å². The maximum absolute atomic E-state index is 9.37. The molecular weight excluding hydrogens is 268 g/mol. The van der Waals surface area contributed by atoms with E-state index >= 15 is 0 Å². The molecule has 21 heavy (non-hydrogen) atoms. The van der Waals surface area contributed by atoms with Gasteiger partial charge in [-0.15, -0.1) is 0 Å². The lowest BCUT2D eigenvalue weighted by molar-refractivity contribution is 0.434. The molecule has 0 unspecified atom stereocenters. The van der Waals surface area contributed by atoms with Crippen LogP contribution in [0, 0.1) is 11.3 Å². The first-order chi connectivity index (χ1) is 10.2. The van der Waals surface area contributed by atoms with E-state index in [1.54, 1.807) is 24.3 Å². The number of aromatic nitrogens is 1. The molecule has 0 amide bonds. The van der Waals surface area contributed by atoms with Crippen molar-refractivity contribution in [1.82, 2.24) is 5.16 Å². The van der Waals surface area contributed by atoms with Gasteiger partial charge in [0.25, 0.3) is 0 Å². The Balaban J connectivity index is 2.11. The highest BCUT2D eigenvalue weighted by Gasteiger charge is 2.18. The van der Waals surface area contributed by atoms with E-state index in [0.29, 0.717) is 28.1 Å². The van der Waals surface area contributed by atoms with Crippen LogP contribution in [0.15, 0.2) is 53.1 Å². The van der Waals surface area contributed by atoms with Crippen LogP contribution < -0.4 is 0 Å². The molecule has 102 valence electrons. The van der Waals surface area contributed by atoms with Crippen molar-refractivity contribution in [2.75, 3.05) is 0 Å². The van der Waals surface area contributed by atoms with Crippen molar-refractivity contribution < 1.29 is 14.7 Å². The van der Waals surface area contributed by atoms with Gasteiger partial charge >= 0.3 is 0 Å².